The van der Waals surface area contributed by atoms with Crippen molar-refractivity contribution in [3.63, 3.8) is 0 Å². The van der Waals surface area contributed by atoms with Gasteiger partial charge < -0.3 is 5.32 Å². The minimum atomic E-state index is 0.736. The number of unbranched alkanes of at least 4 members (excludes halogenated alkanes) is 1. The van der Waals surface area contributed by atoms with E-state index in [2.05, 4.69) is 36.5 Å². The summed E-state index contributed by atoms with van der Waals surface area (Å²) in [4.78, 5) is 0. The first-order valence-corrected chi connectivity index (χ1v) is 6.72. The van der Waals surface area contributed by atoms with Crippen molar-refractivity contribution in [2.45, 2.75) is 50.5 Å². The Morgan fingerprint density at radius 1 is 1.25 bits per heavy atom. The Balaban J connectivity index is 1.85. The third-order valence-corrected chi connectivity index (χ3v) is 4.35. The first kappa shape index (κ1) is 10.3. The van der Waals surface area contributed by atoms with Gasteiger partial charge in [0.25, 0.3) is 0 Å². The lowest BCUT2D eigenvalue weighted by Gasteiger charge is -2.30. The molecule has 1 heteroatoms. The van der Waals surface area contributed by atoms with E-state index >= 15 is 0 Å². The number of rotatable bonds is 3. The quantitative estimate of drug-likeness (QED) is 0.814. The molecule has 0 aromatic heterocycles. The Bertz CT molecular complexity index is 369. The van der Waals surface area contributed by atoms with Crippen molar-refractivity contribution in [1.82, 2.24) is 5.32 Å². The number of piperidine rings is 1. The molecule has 16 heavy (non-hydrogen) atoms. The fourth-order valence-corrected chi connectivity index (χ4v) is 3.52. The van der Waals surface area contributed by atoms with Crippen molar-refractivity contribution >= 4 is 0 Å². The van der Waals surface area contributed by atoms with Crippen LogP contribution in [0.25, 0.3) is 0 Å². The monoisotopic (exact) mass is 215 g/mol. The Morgan fingerprint density at radius 2 is 2.06 bits per heavy atom. The second kappa shape index (κ2) is 4.21. The van der Waals surface area contributed by atoms with Crippen LogP contribution in [-0.2, 0) is 0 Å². The Kier molecular flexibility index (Phi) is 2.72. The molecule has 0 unspecified atom stereocenters. The van der Waals surface area contributed by atoms with Crippen molar-refractivity contribution in [2.75, 3.05) is 6.54 Å². The van der Waals surface area contributed by atoms with Gasteiger partial charge in [0.1, 0.15) is 0 Å². The third-order valence-electron chi connectivity index (χ3n) is 4.35. The van der Waals surface area contributed by atoms with Crippen LogP contribution < -0.4 is 5.32 Å². The normalized spacial score (nSPS) is 31.4. The SMILES string of the molecule is CCCC[C@H]1NC[C@H]2C[C@@H]1c1ccccc12. The molecular formula is C15H21N. The molecule has 1 aromatic carbocycles. The van der Waals surface area contributed by atoms with Gasteiger partial charge in [0.2, 0.25) is 0 Å². The van der Waals surface area contributed by atoms with E-state index in [1.54, 1.807) is 11.1 Å². The fourth-order valence-electron chi connectivity index (χ4n) is 3.52. The largest absolute Gasteiger partial charge is 0.313 e. The van der Waals surface area contributed by atoms with Crippen LogP contribution in [-0.4, -0.2) is 12.6 Å². The molecule has 2 bridgehead atoms. The molecule has 1 aromatic rings. The van der Waals surface area contributed by atoms with E-state index in [0.29, 0.717) is 0 Å². The molecule has 0 amide bonds. The molecule has 2 aliphatic rings. The van der Waals surface area contributed by atoms with Gasteiger partial charge in [-0.25, -0.2) is 0 Å². The number of fused-ring (bicyclic) bond motifs is 5. The van der Waals surface area contributed by atoms with Gasteiger partial charge in [-0.05, 0) is 29.9 Å². The summed E-state index contributed by atoms with van der Waals surface area (Å²) in [7, 11) is 0. The van der Waals surface area contributed by atoms with E-state index in [4.69, 9.17) is 0 Å². The van der Waals surface area contributed by atoms with Crippen LogP contribution in [0, 0.1) is 0 Å². The highest BCUT2D eigenvalue weighted by Crippen LogP contribution is 2.46. The van der Waals surface area contributed by atoms with Crippen LogP contribution >= 0.6 is 0 Å². The third kappa shape index (κ3) is 1.58. The maximum absolute atomic E-state index is 3.76. The van der Waals surface area contributed by atoms with Gasteiger partial charge in [-0.15, -0.1) is 0 Å². The molecule has 3 atom stereocenters. The number of benzene rings is 1. The van der Waals surface area contributed by atoms with Crippen LogP contribution in [0.3, 0.4) is 0 Å². The van der Waals surface area contributed by atoms with Gasteiger partial charge in [0, 0.05) is 18.5 Å². The number of hydrogen-bond donors (Lipinski definition) is 1. The molecule has 1 heterocycles. The lowest BCUT2D eigenvalue weighted by molar-refractivity contribution is 0.329. The van der Waals surface area contributed by atoms with E-state index in [1.165, 1.54) is 32.2 Å². The summed E-state index contributed by atoms with van der Waals surface area (Å²) in [6.45, 7) is 3.48. The topological polar surface area (TPSA) is 12.0 Å². The van der Waals surface area contributed by atoms with Crippen LogP contribution in [0.1, 0.15) is 55.6 Å². The molecule has 1 aliphatic heterocycles. The summed E-state index contributed by atoms with van der Waals surface area (Å²) in [5.74, 6) is 1.58. The van der Waals surface area contributed by atoms with Gasteiger partial charge in [-0.2, -0.15) is 0 Å². The Hall–Kier alpha value is -0.820. The first-order valence-electron chi connectivity index (χ1n) is 6.72. The zero-order valence-electron chi connectivity index (χ0n) is 10.1. The summed E-state index contributed by atoms with van der Waals surface area (Å²) >= 11 is 0. The highest BCUT2D eigenvalue weighted by atomic mass is 14.9. The lowest BCUT2D eigenvalue weighted by Crippen LogP contribution is -2.39. The first-order chi connectivity index (χ1) is 7.90. The standard InChI is InChI=1S/C15H21N/c1-2-3-8-15-14-9-11(10-16-15)12-6-4-5-7-13(12)14/h4-7,11,14-16H,2-3,8-10H2,1H3/t11-,14-,15-/m1/s1. The van der Waals surface area contributed by atoms with E-state index in [1.807, 2.05) is 0 Å². The van der Waals surface area contributed by atoms with Crippen LogP contribution in [0.2, 0.25) is 0 Å². The zero-order valence-corrected chi connectivity index (χ0v) is 10.1. The minimum Gasteiger partial charge on any atom is -0.313 e. The lowest BCUT2D eigenvalue weighted by atomic mass is 9.87. The maximum Gasteiger partial charge on any atom is 0.0136 e. The minimum absolute atomic E-state index is 0.736. The number of nitrogens with one attached hydrogen (secondary N) is 1. The van der Waals surface area contributed by atoms with Crippen LogP contribution in [0.4, 0.5) is 0 Å². The Labute approximate surface area is 98.3 Å². The van der Waals surface area contributed by atoms with Crippen molar-refractivity contribution < 1.29 is 0 Å². The molecule has 0 saturated carbocycles. The second-order valence-corrected chi connectivity index (χ2v) is 5.33. The average molecular weight is 215 g/mol. The van der Waals surface area contributed by atoms with E-state index in [0.717, 1.165) is 17.9 Å². The second-order valence-electron chi connectivity index (χ2n) is 5.33. The molecule has 1 N–H and O–H groups in total. The van der Waals surface area contributed by atoms with Gasteiger partial charge >= 0.3 is 0 Å². The van der Waals surface area contributed by atoms with E-state index in [-0.39, 0.29) is 0 Å². The molecule has 1 fully saturated rings. The molecule has 86 valence electrons. The molecule has 1 saturated heterocycles. The molecule has 3 rings (SSSR count). The van der Waals surface area contributed by atoms with Gasteiger partial charge in [0.05, 0.1) is 0 Å². The molecule has 1 nitrogen and oxygen atoms in total. The molecule has 0 spiro atoms. The fraction of sp³-hybridized carbons (Fsp3) is 0.600. The predicted octanol–water partition coefficient (Wildman–Crippen LogP) is 3.42. The average Bonchev–Trinajstić information content (AvgIpc) is 2.64. The molecule has 1 aliphatic carbocycles. The van der Waals surface area contributed by atoms with Crippen molar-refractivity contribution in [2.24, 2.45) is 0 Å². The van der Waals surface area contributed by atoms with Crippen LogP contribution in [0.5, 0.6) is 0 Å². The van der Waals surface area contributed by atoms with Gasteiger partial charge in [0.15, 0.2) is 0 Å². The smallest absolute Gasteiger partial charge is 0.0136 e. The van der Waals surface area contributed by atoms with Crippen molar-refractivity contribution in [3.8, 4) is 0 Å². The highest BCUT2D eigenvalue weighted by Gasteiger charge is 2.38. The van der Waals surface area contributed by atoms with Gasteiger partial charge in [-0.3, -0.25) is 0 Å². The van der Waals surface area contributed by atoms with Gasteiger partial charge in [-0.1, -0.05) is 44.0 Å². The highest BCUT2D eigenvalue weighted by molar-refractivity contribution is 5.41. The molecular weight excluding hydrogens is 194 g/mol. The summed E-state index contributed by atoms with van der Waals surface area (Å²) in [5.41, 5.74) is 3.26. The van der Waals surface area contributed by atoms with Crippen molar-refractivity contribution in [1.29, 1.82) is 0 Å². The maximum atomic E-state index is 3.76. The summed E-state index contributed by atoms with van der Waals surface area (Å²) < 4.78 is 0. The predicted molar refractivity (Wildman–Crippen MR) is 67.9 cm³/mol. The summed E-state index contributed by atoms with van der Waals surface area (Å²) in [5, 5.41) is 3.76. The van der Waals surface area contributed by atoms with Crippen LogP contribution in [0.15, 0.2) is 24.3 Å². The van der Waals surface area contributed by atoms with E-state index < -0.39 is 0 Å². The Morgan fingerprint density at radius 3 is 2.88 bits per heavy atom. The molecule has 0 radical (unpaired) electrons. The van der Waals surface area contributed by atoms with Crippen molar-refractivity contribution in [3.05, 3.63) is 35.4 Å². The summed E-state index contributed by atoms with van der Waals surface area (Å²) in [6.07, 6.45) is 5.42. The number of hydrogen-bond acceptors (Lipinski definition) is 1. The summed E-state index contributed by atoms with van der Waals surface area (Å²) in [6, 6.07) is 9.83. The zero-order chi connectivity index (χ0) is 11.0. The van der Waals surface area contributed by atoms with E-state index in [9.17, 15) is 0 Å².